The molecular weight excluding hydrogens is 401 g/mol. The van der Waals surface area contributed by atoms with Gasteiger partial charge < -0.3 is 4.89 Å². The second-order valence-corrected chi connectivity index (χ2v) is 11.7. The van der Waals surface area contributed by atoms with E-state index < -0.39 is 13.3 Å². The summed E-state index contributed by atoms with van der Waals surface area (Å²) in [6.45, 7) is 4.29. The van der Waals surface area contributed by atoms with Crippen molar-refractivity contribution in [3.63, 3.8) is 0 Å². The Labute approximate surface area is 196 Å². The van der Waals surface area contributed by atoms with Gasteiger partial charge in [0, 0.05) is 12.8 Å². The normalized spacial score (nSPS) is 14.8. The Morgan fingerprint density at radius 3 is 1.42 bits per heavy atom. The molecule has 0 saturated carbocycles. The fourth-order valence-corrected chi connectivity index (χ4v) is 5.73. The number of quaternary nitrogens is 1. The molecule has 4 heteroatoms. The highest BCUT2D eigenvalue weighted by Gasteiger charge is 2.52. The molecule has 0 heterocycles. The third-order valence-corrected chi connectivity index (χ3v) is 8.81. The highest BCUT2D eigenvalue weighted by atomic mass is 31.1. The summed E-state index contributed by atoms with van der Waals surface area (Å²) >= 11 is 0. The molecule has 2 unspecified atom stereocenters. The smallest absolute Gasteiger partial charge is 0.376 e. The van der Waals surface area contributed by atoms with Crippen molar-refractivity contribution < 1.29 is 13.9 Å². The maximum atomic E-state index is 11.9. The molecule has 0 aliphatic rings. The van der Waals surface area contributed by atoms with Crippen LogP contribution in [0.2, 0.25) is 0 Å². The van der Waals surface area contributed by atoms with Crippen LogP contribution in [-0.4, -0.2) is 30.9 Å². The minimum absolute atomic E-state index is 0.504. The Kier molecular flexibility index (Phi) is 19.1. The first-order chi connectivity index (χ1) is 14.8. The summed E-state index contributed by atoms with van der Waals surface area (Å²) in [5, 5.41) is -0.607. The van der Waals surface area contributed by atoms with Crippen LogP contribution in [0.15, 0.2) is 12.2 Å². The average molecular weight is 457 g/mol. The summed E-state index contributed by atoms with van der Waals surface area (Å²) in [4.78, 5) is 11.9. The molecule has 0 fully saturated rings. The molecule has 2 atom stereocenters. The summed E-state index contributed by atoms with van der Waals surface area (Å²) < 4.78 is 12.4. The van der Waals surface area contributed by atoms with Gasteiger partial charge in [-0.05, 0) is 32.1 Å². The Morgan fingerprint density at radius 1 is 0.677 bits per heavy atom. The second-order valence-electron chi connectivity index (χ2n) is 10.4. The van der Waals surface area contributed by atoms with Gasteiger partial charge in [0.25, 0.3) is 5.28 Å². The number of unbranched alkanes of at least 4 members (excludes halogenated alkanes) is 15. The first-order valence-electron chi connectivity index (χ1n) is 13.4. The lowest BCUT2D eigenvalue weighted by Gasteiger charge is -2.39. The number of nitrogens with zero attached hydrogens (tertiary/aromatic N) is 1. The second kappa shape index (κ2) is 19.2. The maximum Gasteiger partial charge on any atom is 0.376 e. The van der Waals surface area contributed by atoms with Gasteiger partial charge in [0.15, 0.2) is 0 Å². The van der Waals surface area contributed by atoms with Crippen LogP contribution in [0.4, 0.5) is 0 Å². The summed E-state index contributed by atoms with van der Waals surface area (Å²) in [5.41, 5.74) is 0. The van der Waals surface area contributed by atoms with Crippen molar-refractivity contribution in [1.82, 2.24) is 0 Å². The van der Waals surface area contributed by atoms with E-state index in [9.17, 15) is 9.46 Å². The van der Waals surface area contributed by atoms with E-state index in [1.54, 1.807) is 0 Å². The Hall–Kier alpha value is -0.240. The fraction of sp³-hybridized carbons (Fsp3) is 0.926. The van der Waals surface area contributed by atoms with Gasteiger partial charge in [0.2, 0.25) is 0 Å². The van der Waals surface area contributed by atoms with Crippen LogP contribution >= 0.6 is 8.03 Å². The maximum absolute atomic E-state index is 11.9. The molecular formula is C27H55NO2P+. The molecule has 0 N–H and O–H groups in total. The Balaban J connectivity index is 3.57. The van der Waals surface area contributed by atoms with Crippen LogP contribution < -0.4 is 4.89 Å². The van der Waals surface area contributed by atoms with Crippen molar-refractivity contribution in [2.24, 2.45) is 0 Å². The van der Waals surface area contributed by atoms with E-state index >= 15 is 0 Å². The number of allylic oxidation sites excluding steroid dienone is 2. The van der Waals surface area contributed by atoms with E-state index in [1.807, 2.05) is 28.1 Å². The van der Waals surface area contributed by atoms with E-state index in [0.29, 0.717) is 10.9 Å². The Bertz CT molecular complexity index is 459. The van der Waals surface area contributed by atoms with E-state index in [1.165, 1.54) is 96.3 Å². The lowest BCUT2D eigenvalue weighted by atomic mass is 10.0. The van der Waals surface area contributed by atoms with Crippen LogP contribution in [0.25, 0.3) is 0 Å². The number of hydrogen-bond donors (Lipinski definition) is 0. The zero-order chi connectivity index (χ0) is 23.4. The zero-order valence-electron chi connectivity index (χ0n) is 21.8. The SMILES string of the molecule is CCCCCCCCCCCCC/C=C\CCCCCCC(CC)([P+](=O)[O-])[N+](C)(C)C. The van der Waals surface area contributed by atoms with Gasteiger partial charge in [-0.15, -0.1) is 0 Å². The molecule has 184 valence electrons. The number of rotatable bonds is 22. The molecule has 3 nitrogen and oxygen atoms in total. The van der Waals surface area contributed by atoms with E-state index in [4.69, 9.17) is 0 Å². The summed E-state index contributed by atoms with van der Waals surface area (Å²) in [6, 6.07) is 0. The highest BCUT2D eigenvalue weighted by Crippen LogP contribution is 2.44. The van der Waals surface area contributed by atoms with Gasteiger partial charge in [-0.3, -0.25) is 4.48 Å². The predicted molar refractivity (Wildman–Crippen MR) is 137 cm³/mol. The molecule has 31 heavy (non-hydrogen) atoms. The van der Waals surface area contributed by atoms with Gasteiger partial charge in [-0.2, -0.15) is 0 Å². The van der Waals surface area contributed by atoms with E-state index in [0.717, 1.165) is 19.3 Å². The molecule has 0 bridgehead atoms. The Morgan fingerprint density at radius 2 is 1.06 bits per heavy atom. The molecule has 0 amide bonds. The molecule has 0 spiro atoms. The first kappa shape index (κ1) is 30.8. The van der Waals surface area contributed by atoms with Crippen LogP contribution in [-0.2, 0) is 4.57 Å². The molecule has 0 aliphatic heterocycles. The van der Waals surface area contributed by atoms with E-state index in [2.05, 4.69) is 19.1 Å². The third kappa shape index (κ3) is 14.5. The van der Waals surface area contributed by atoms with Gasteiger partial charge >= 0.3 is 8.03 Å². The minimum atomic E-state index is -2.42. The standard InChI is InChI=1S/C27H55NO2P/c1-6-8-9-10-11-12-13-14-15-16-17-18-19-20-21-22-23-24-25-26-27(7-2,31(29)30)28(3,4)5/h19-20H,6-18,21-26H2,1-5H3/q+1/b20-19-. The summed E-state index contributed by atoms with van der Waals surface area (Å²) in [6.07, 6.45) is 28.7. The van der Waals surface area contributed by atoms with Crippen molar-refractivity contribution >= 4 is 8.03 Å². The molecule has 0 aromatic heterocycles. The molecule has 0 aromatic carbocycles. The molecule has 0 aliphatic carbocycles. The van der Waals surface area contributed by atoms with Crippen LogP contribution in [0.1, 0.15) is 136 Å². The monoisotopic (exact) mass is 456 g/mol. The summed E-state index contributed by atoms with van der Waals surface area (Å²) in [5.74, 6) is 0. The molecule has 0 saturated heterocycles. The highest BCUT2D eigenvalue weighted by molar-refractivity contribution is 7.38. The van der Waals surface area contributed by atoms with Gasteiger partial charge in [-0.1, -0.05) is 108 Å². The minimum Gasteiger partial charge on any atom is -0.590 e. The lowest BCUT2D eigenvalue weighted by Crippen LogP contribution is -2.55. The first-order valence-corrected chi connectivity index (χ1v) is 14.6. The predicted octanol–water partition coefficient (Wildman–Crippen LogP) is 8.50. The fourth-order valence-electron chi connectivity index (χ4n) is 4.64. The van der Waals surface area contributed by atoms with E-state index in [-0.39, 0.29) is 0 Å². The van der Waals surface area contributed by atoms with Crippen LogP contribution in [0, 0.1) is 0 Å². The van der Waals surface area contributed by atoms with Crippen molar-refractivity contribution in [2.45, 2.75) is 141 Å². The average Bonchev–Trinajstić information content (AvgIpc) is 2.71. The van der Waals surface area contributed by atoms with Crippen molar-refractivity contribution in [2.75, 3.05) is 21.1 Å². The quantitative estimate of drug-likeness (QED) is 0.0709. The van der Waals surface area contributed by atoms with Crippen molar-refractivity contribution in [3.05, 3.63) is 12.2 Å². The van der Waals surface area contributed by atoms with Crippen molar-refractivity contribution in [1.29, 1.82) is 0 Å². The summed E-state index contributed by atoms with van der Waals surface area (Å²) in [7, 11) is 3.61. The van der Waals surface area contributed by atoms with Gasteiger partial charge in [-0.25, -0.2) is 0 Å². The number of hydrogen-bond acceptors (Lipinski definition) is 2. The molecule has 0 aromatic rings. The molecule has 0 radical (unpaired) electrons. The lowest BCUT2D eigenvalue weighted by molar-refractivity contribution is -0.910. The van der Waals surface area contributed by atoms with Crippen molar-refractivity contribution in [3.8, 4) is 0 Å². The molecule has 0 rings (SSSR count). The third-order valence-electron chi connectivity index (χ3n) is 6.99. The van der Waals surface area contributed by atoms with Gasteiger partial charge in [0.1, 0.15) is 0 Å². The zero-order valence-corrected chi connectivity index (χ0v) is 22.7. The van der Waals surface area contributed by atoms with Crippen LogP contribution in [0.3, 0.4) is 0 Å². The van der Waals surface area contributed by atoms with Crippen LogP contribution in [0.5, 0.6) is 0 Å². The largest absolute Gasteiger partial charge is 0.590 e. The topological polar surface area (TPSA) is 40.1 Å². The van der Waals surface area contributed by atoms with Gasteiger partial charge in [0.05, 0.1) is 21.1 Å².